The zero-order chi connectivity index (χ0) is 14.5. The van der Waals surface area contributed by atoms with Crippen LogP contribution in [0, 0.1) is 12.7 Å². The number of rotatable bonds is 3. The van der Waals surface area contributed by atoms with Gasteiger partial charge in [0.05, 0.1) is 0 Å². The van der Waals surface area contributed by atoms with Gasteiger partial charge in [-0.25, -0.2) is 4.39 Å². The highest BCUT2D eigenvalue weighted by Crippen LogP contribution is 2.26. The minimum Gasteiger partial charge on any atom is -0.262 e. The molecule has 0 N–H and O–H groups in total. The van der Waals surface area contributed by atoms with Gasteiger partial charge in [0.2, 0.25) is 0 Å². The van der Waals surface area contributed by atoms with Crippen LogP contribution in [0.25, 0.3) is 5.57 Å². The molecule has 2 heteroatoms. The lowest BCUT2D eigenvalue weighted by Crippen LogP contribution is -1.94. The number of nitrogens with zero attached hydrogens (tertiary/aromatic N) is 1. The van der Waals surface area contributed by atoms with Crippen LogP contribution in [-0.2, 0) is 0 Å². The van der Waals surface area contributed by atoms with Crippen molar-refractivity contribution in [3.63, 3.8) is 0 Å². The highest BCUT2D eigenvalue weighted by atomic mass is 19.1. The number of allylic oxidation sites excluding steroid dienone is 6. The van der Waals surface area contributed by atoms with E-state index in [2.05, 4.69) is 23.7 Å². The van der Waals surface area contributed by atoms with Gasteiger partial charge in [-0.15, -0.1) is 0 Å². The van der Waals surface area contributed by atoms with E-state index in [0.717, 1.165) is 28.8 Å². The SMILES string of the molecule is C=C/N=C(C)\C=C1\C=CC(c2cc(F)ccc2C)=CC1. The molecule has 20 heavy (non-hydrogen) atoms. The van der Waals surface area contributed by atoms with E-state index in [9.17, 15) is 4.39 Å². The van der Waals surface area contributed by atoms with Gasteiger partial charge in [0.15, 0.2) is 0 Å². The molecule has 0 amide bonds. The summed E-state index contributed by atoms with van der Waals surface area (Å²) in [5, 5.41) is 0. The summed E-state index contributed by atoms with van der Waals surface area (Å²) >= 11 is 0. The molecule has 2 rings (SSSR count). The van der Waals surface area contributed by atoms with E-state index in [0.29, 0.717) is 0 Å². The predicted molar refractivity (Wildman–Crippen MR) is 84.3 cm³/mol. The second-order valence-corrected chi connectivity index (χ2v) is 4.83. The quantitative estimate of drug-likeness (QED) is 0.683. The third-order valence-corrected chi connectivity index (χ3v) is 3.23. The minimum atomic E-state index is -0.199. The largest absolute Gasteiger partial charge is 0.262 e. The van der Waals surface area contributed by atoms with Crippen LogP contribution in [-0.4, -0.2) is 5.71 Å². The topological polar surface area (TPSA) is 12.4 Å². The Hall–Kier alpha value is -2.22. The normalized spacial score (nSPS) is 17.2. The molecule has 0 aliphatic heterocycles. The molecular formula is C18H18FN. The smallest absolute Gasteiger partial charge is 0.123 e. The summed E-state index contributed by atoms with van der Waals surface area (Å²) in [7, 11) is 0. The van der Waals surface area contributed by atoms with Crippen LogP contribution < -0.4 is 0 Å². The van der Waals surface area contributed by atoms with Gasteiger partial charge >= 0.3 is 0 Å². The van der Waals surface area contributed by atoms with Crippen molar-refractivity contribution in [1.82, 2.24) is 0 Å². The molecule has 1 nitrogen and oxygen atoms in total. The zero-order valence-corrected chi connectivity index (χ0v) is 11.9. The third kappa shape index (κ3) is 3.41. The van der Waals surface area contributed by atoms with Crippen molar-refractivity contribution in [2.24, 2.45) is 4.99 Å². The van der Waals surface area contributed by atoms with Gasteiger partial charge in [-0.2, -0.15) is 0 Å². The van der Waals surface area contributed by atoms with Gasteiger partial charge in [0.25, 0.3) is 0 Å². The average Bonchev–Trinajstić information content (AvgIpc) is 2.43. The van der Waals surface area contributed by atoms with E-state index in [-0.39, 0.29) is 5.82 Å². The van der Waals surface area contributed by atoms with E-state index in [1.165, 1.54) is 17.8 Å². The van der Waals surface area contributed by atoms with Gasteiger partial charge < -0.3 is 0 Å². The van der Waals surface area contributed by atoms with Crippen molar-refractivity contribution in [2.75, 3.05) is 0 Å². The highest BCUT2D eigenvalue weighted by molar-refractivity contribution is 5.94. The van der Waals surface area contributed by atoms with Crippen LogP contribution in [0.1, 0.15) is 24.5 Å². The molecule has 0 unspecified atom stereocenters. The summed E-state index contributed by atoms with van der Waals surface area (Å²) in [4.78, 5) is 4.12. The summed E-state index contributed by atoms with van der Waals surface area (Å²) < 4.78 is 13.3. The maximum atomic E-state index is 13.3. The first kappa shape index (κ1) is 14.2. The lowest BCUT2D eigenvalue weighted by atomic mass is 9.93. The Kier molecular flexibility index (Phi) is 4.46. The molecule has 102 valence electrons. The number of benzene rings is 1. The Morgan fingerprint density at radius 1 is 1.35 bits per heavy atom. The summed E-state index contributed by atoms with van der Waals surface area (Å²) in [6.07, 6.45) is 10.6. The average molecular weight is 267 g/mol. The molecule has 0 atom stereocenters. The van der Waals surface area contributed by atoms with Crippen molar-refractivity contribution in [1.29, 1.82) is 0 Å². The standard InChI is InChI=1S/C18H18FN/c1-4-20-14(3)11-15-6-8-16(9-7-15)18-12-17(19)10-5-13(18)2/h4-6,8-12H,1,7H2,2-3H3/b15-11-,20-14-. The van der Waals surface area contributed by atoms with Crippen molar-refractivity contribution in [3.8, 4) is 0 Å². The van der Waals surface area contributed by atoms with E-state index >= 15 is 0 Å². The van der Waals surface area contributed by atoms with E-state index in [1.54, 1.807) is 6.07 Å². The number of hydrogen-bond donors (Lipinski definition) is 0. The fourth-order valence-corrected chi connectivity index (χ4v) is 2.22. The molecule has 1 aromatic carbocycles. The minimum absolute atomic E-state index is 0.199. The fourth-order valence-electron chi connectivity index (χ4n) is 2.22. The molecule has 1 aliphatic carbocycles. The molecule has 0 heterocycles. The summed E-state index contributed by atoms with van der Waals surface area (Å²) in [6, 6.07) is 4.89. The highest BCUT2D eigenvalue weighted by Gasteiger charge is 2.07. The lowest BCUT2D eigenvalue weighted by molar-refractivity contribution is 0.627. The van der Waals surface area contributed by atoms with Gasteiger partial charge in [0.1, 0.15) is 5.82 Å². The maximum Gasteiger partial charge on any atom is 0.123 e. The number of hydrogen-bond acceptors (Lipinski definition) is 1. The summed E-state index contributed by atoms with van der Waals surface area (Å²) in [5.41, 5.74) is 5.22. The van der Waals surface area contributed by atoms with Gasteiger partial charge in [-0.1, -0.05) is 30.9 Å². The molecule has 0 fully saturated rings. The number of aryl methyl sites for hydroxylation is 1. The predicted octanol–water partition coefficient (Wildman–Crippen LogP) is 5.01. The van der Waals surface area contributed by atoms with Gasteiger partial charge in [-0.3, -0.25) is 4.99 Å². The Morgan fingerprint density at radius 3 is 2.80 bits per heavy atom. The third-order valence-electron chi connectivity index (χ3n) is 3.23. The Bertz CT molecular complexity index is 645. The van der Waals surface area contributed by atoms with E-state index in [1.807, 2.05) is 32.1 Å². The van der Waals surface area contributed by atoms with Gasteiger partial charge in [-0.05, 0) is 60.8 Å². The van der Waals surface area contributed by atoms with Crippen LogP contribution >= 0.6 is 0 Å². The molecular weight excluding hydrogens is 249 g/mol. The first-order chi connectivity index (χ1) is 9.60. The first-order valence-corrected chi connectivity index (χ1v) is 6.61. The van der Waals surface area contributed by atoms with Crippen molar-refractivity contribution in [2.45, 2.75) is 20.3 Å². The van der Waals surface area contributed by atoms with Crippen LogP contribution in [0.15, 0.2) is 65.8 Å². The molecule has 0 saturated heterocycles. The lowest BCUT2D eigenvalue weighted by Gasteiger charge is -2.12. The second-order valence-electron chi connectivity index (χ2n) is 4.83. The summed E-state index contributed by atoms with van der Waals surface area (Å²) in [6.45, 7) is 7.52. The van der Waals surface area contributed by atoms with Crippen LogP contribution in [0.4, 0.5) is 4.39 Å². The monoisotopic (exact) mass is 267 g/mol. The Morgan fingerprint density at radius 2 is 2.15 bits per heavy atom. The Balaban J connectivity index is 2.22. The zero-order valence-electron chi connectivity index (χ0n) is 11.9. The summed E-state index contributed by atoms with van der Waals surface area (Å²) in [5.74, 6) is -0.199. The molecule has 0 spiro atoms. The fraction of sp³-hybridized carbons (Fsp3) is 0.167. The van der Waals surface area contributed by atoms with Crippen LogP contribution in [0.2, 0.25) is 0 Å². The Labute approximate surface area is 119 Å². The van der Waals surface area contributed by atoms with E-state index in [4.69, 9.17) is 0 Å². The van der Waals surface area contributed by atoms with Crippen molar-refractivity contribution >= 4 is 11.3 Å². The molecule has 1 aromatic rings. The molecule has 0 bridgehead atoms. The number of aliphatic imine (C=N–C) groups is 1. The molecule has 0 aromatic heterocycles. The van der Waals surface area contributed by atoms with Crippen LogP contribution in [0.5, 0.6) is 0 Å². The first-order valence-electron chi connectivity index (χ1n) is 6.61. The molecule has 0 radical (unpaired) electrons. The second kappa shape index (κ2) is 6.29. The van der Waals surface area contributed by atoms with Crippen molar-refractivity contribution in [3.05, 3.63) is 77.8 Å². The van der Waals surface area contributed by atoms with Crippen LogP contribution in [0.3, 0.4) is 0 Å². The number of halogens is 1. The molecule has 1 aliphatic rings. The van der Waals surface area contributed by atoms with E-state index < -0.39 is 0 Å². The van der Waals surface area contributed by atoms with Crippen molar-refractivity contribution < 1.29 is 4.39 Å². The molecule has 0 saturated carbocycles. The maximum absolute atomic E-state index is 13.3. The van der Waals surface area contributed by atoms with Gasteiger partial charge in [0, 0.05) is 11.9 Å².